The predicted molar refractivity (Wildman–Crippen MR) is 91.8 cm³/mol. The maximum absolute atomic E-state index is 3.59. The van der Waals surface area contributed by atoms with Crippen LogP contribution in [-0.2, 0) is 6.42 Å². The van der Waals surface area contributed by atoms with Gasteiger partial charge in [-0.3, -0.25) is 0 Å². The SMILES string of the molecule is BrCCCCCCc1cccc2c1[nH]c1ccccc12. The lowest BCUT2D eigenvalue weighted by molar-refractivity contribution is 0.673. The number of nitrogens with one attached hydrogen (secondary N) is 1. The van der Waals surface area contributed by atoms with Crippen LogP contribution in [0.1, 0.15) is 31.2 Å². The summed E-state index contributed by atoms with van der Waals surface area (Å²) in [5.74, 6) is 0. The summed E-state index contributed by atoms with van der Waals surface area (Å²) in [6.07, 6.45) is 6.39. The third-order valence-electron chi connectivity index (χ3n) is 3.96. The molecule has 0 saturated heterocycles. The number of hydrogen-bond acceptors (Lipinski definition) is 0. The van der Waals surface area contributed by atoms with E-state index in [4.69, 9.17) is 0 Å². The molecule has 0 amide bonds. The smallest absolute Gasteiger partial charge is 0.0497 e. The van der Waals surface area contributed by atoms with Crippen molar-refractivity contribution in [2.75, 3.05) is 5.33 Å². The first-order valence-corrected chi connectivity index (χ1v) is 8.56. The standard InChI is InChI=1S/C18H20BrN/c19-13-6-2-1-3-8-14-9-7-11-16-15-10-4-5-12-17(15)20-18(14)16/h4-5,7,9-12,20H,1-3,6,8,13H2. The number of unbranched alkanes of at least 4 members (excludes halogenated alkanes) is 3. The average molecular weight is 330 g/mol. The van der Waals surface area contributed by atoms with Gasteiger partial charge in [0.1, 0.15) is 0 Å². The predicted octanol–water partition coefficient (Wildman–Crippen LogP) is 5.82. The molecule has 0 bridgehead atoms. The second-order valence-electron chi connectivity index (χ2n) is 5.36. The van der Waals surface area contributed by atoms with Gasteiger partial charge in [-0.15, -0.1) is 0 Å². The van der Waals surface area contributed by atoms with Crippen LogP contribution < -0.4 is 0 Å². The lowest BCUT2D eigenvalue weighted by atomic mass is 10.0. The molecule has 1 nitrogen and oxygen atoms in total. The molecule has 2 heteroatoms. The van der Waals surface area contributed by atoms with Gasteiger partial charge in [0.05, 0.1) is 0 Å². The van der Waals surface area contributed by atoms with Crippen LogP contribution in [0.2, 0.25) is 0 Å². The first-order valence-electron chi connectivity index (χ1n) is 7.44. The normalized spacial score (nSPS) is 11.4. The quantitative estimate of drug-likeness (QED) is 0.433. The van der Waals surface area contributed by atoms with Crippen LogP contribution in [0.15, 0.2) is 42.5 Å². The maximum atomic E-state index is 3.59. The van der Waals surface area contributed by atoms with E-state index in [1.807, 2.05) is 0 Å². The number of aromatic nitrogens is 1. The van der Waals surface area contributed by atoms with Gasteiger partial charge in [-0.25, -0.2) is 0 Å². The van der Waals surface area contributed by atoms with E-state index in [1.54, 1.807) is 0 Å². The molecule has 3 aromatic rings. The number of hydrogen-bond donors (Lipinski definition) is 1. The maximum Gasteiger partial charge on any atom is 0.0497 e. The van der Waals surface area contributed by atoms with Gasteiger partial charge in [0, 0.05) is 27.1 Å². The van der Waals surface area contributed by atoms with Crippen LogP contribution in [0, 0.1) is 0 Å². The Morgan fingerprint density at radius 3 is 2.50 bits per heavy atom. The highest BCUT2D eigenvalue weighted by Gasteiger charge is 2.06. The third-order valence-corrected chi connectivity index (χ3v) is 4.52. The van der Waals surface area contributed by atoms with Crippen LogP contribution in [0.3, 0.4) is 0 Å². The van der Waals surface area contributed by atoms with Crippen molar-refractivity contribution in [1.82, 2.24) is 4.98 Å². The number of alkyl halides is 1. The molecule has 0 aliphatic heterocycles. The van der Waals surface area contributed by atoms with Gasteiger partial charge in [-0.1, -0.05) is 65.2 Å². The molecule has 0 saturated carbocycles. The second-order valence-corrected chi connectivity index (χ2v) is 6.16. The fraction of sp³-hybridized carbons (Fsp3) is 0.333. The van der Waals surface area contributed by atoms with Crippen molar-refractivity contribution in [3.63, 3.8) is 0 Å². The minimum absolute atomic E-state index is 1.13. The van der Waals surface area contributed by atoms with E-state index >= 15 is 0 Å². The van der Waals surface area contributed by atoms with Crippen molar-refractivity contribution in [2.45, 2.75) is 32.1 Å². The Morgan fingerprint density at radius 1 is 0.800 bits per heavy atom. The van der Waals surface area contributed by atoms with Crippen LogP contribution in [0.5, 0.6) is 0 Å². The van der Waals surface area contributed by atoms with Crippen LogP contribution in [0.4, 0.5) is 0 Å². The molecule has 1 heterocycles. The summed E-state index contributed by atoms with van der Waals surface area (Å²) in [5.41, 5.74) is 4.03. The summed E-state index contributed by atoms with van der Waals surface area (Å²) in [6, 6.07) is 15.3. The molecule has 0 radical (unpaired) electrons. The van der Waals surface area contributed by atoms with Gasteiger partial charge >= 0.3 is 0 Å². The Kier molecular flexibility index (Phi) is 4.41. The molecule has 0 fully saturated rings. The van der Waals surface area contributed by atoms with Crippen LogP contribution >= 0.6 is 15.9 Å². The highest BCUT2D eigenvalue weighted by atomic mass is 79.9. The van der Waals surface area contributed by atoms with E-state index in [0.717, 1.165) is 5.33 Å². The zero-order valence-corrected chi connectivity index (χ0v) is 13.2. The minimum atomic E-state index is 1.13. The largest absolute Gasteiger partial charge is 0.354 e. The zero-order chi connectivity index (χ0) is 13.8. The molecule has 0 atom stereocenters. The Labute approximate surface area is 128 Å². The van der Waals surface area contributed by atoms with Gasteiger partial charge in [0.2, 0.25) is 0 Å². The summed E-state index contributed by atoms with van der Waals surface area (Å²) in [5, 5.41) is 3.83. The molecule has 1 aromatic heterocycles. The van der Waals surface area contributed by atoms with Gasteiger partial charge < -0.3 is 4.98 Å². The van der Waals surface area contributed by atoms with E-state index in [0.29, 0.717) is 0 Å². The van der Waals surface area contributed by atoms with E-state index in [1.165, 1.54) is 59.5 Å². The topological polar surface area (TPSA) is 15.8 Å². The number of aryl methyl sites for hydroxylation is 1. The summed E-state index contributed by atoms with van der Waals surface area (Å²) in [4.78, 5) is 3.59. The molecule has 104 valence electrons. The summed E-state index contributed by atoms with van der Waals surface area (Å²) < 4.78 is 0. The summed E-state index contributed by atoms with van der Waals surface area (Å²) in [7, 11) is 0. The highest BCUT2D eigenvalue weighted by Crippen LogP contribution is 2.28. The summed E-state index contributed by atoms with van der Waals surface area (Å²) in [6.45, 7) is 0. The number of halogens is 1. The third kappa shape index (κ3) is 2.76. The Hall–Kier alpha value is -1.28. The molecular weight excluding hydrogens is 310 g/mol. The average Bonchev–Trinajstić information content (AvgIpc) is 2.87. The fourth-order valence-electron chi connectivity index (χ4n) is 2.91. The number of aromatic amines is 1. The molecule has 3 rings (SSSR count). The first kappa shape index (κ1) is 13.7. The van der Waals surface area contributed by atoms with Crippen LogP contribution in [-0.4, -0.2) is 10.3 Å². The highest BCUT2D eigenvalue weighted by molar-refractivity contribution is 9.09. The fourth-order valence-corrected chi connectivity index (χ4v) is 3.30. The minimum Gasteiger partial charge on any atom is -0.354 e. The van der Waals surface area contributed by atoms with Crippen molar-refractivity contribution in [3.05, 3.63) is 48.0 Å². The van der Waals surface area contributed by atoms with Crippen molar-refractivity contribution in [1.29, 1.82) is 0 Å². The van der Waals surface area contributed by atoms with Crippen molar-refractivity contribution in [3.8, 4) is 0 Å². The number of H-pyrrole nitrogens is 1. The van der Waals surface area contributed by atoms with Crippen molar-refractivity contribution >= 4 is 37.7 Å². The number of para-hydroxylation sites is 2. The molecule has 0 unspecified atom stereocenters. The van der Waals surface area contributed by atoms with Crippen LogP contribution in [0.25, 0.3) is 21.8 Å². The summed E-state index contributed by atoms with van der Waals surface area (Å²) >= 11 is 3.49. The molecule has 1 N–H and O–H groups in total. The van der Waals surface area contributed by atoms with Crippen molar-refractivity contribution < 1.29 is 0 Å². The van der Waals surface area contributed by atoms with E-state index in [-0.39, 0.29) is 0 Å². The van der Waals surface area contributed by atoms with E-state index < -0.39 is 0 Å². The molecule has 0 spiro atoms. The van der Waals surface area contributed by atoms with Gasteiger partial charge in [-0.2, -0.15) is 0 Å². The van der Waals surface area contributed by atoms with Gasteiger partial charge in [0.25, 0.3) is 0 Å². The van der Waals surface area contributed by atoms with E-state index in [2.05, 4.69) is 63.4 Å². The lowest BCUT2D eigenvalue weighted by Crippen LogP contribution is -1.88. The molecule has 0 aliphatic carbocycles. The number of fused-ring (bicyclic) bond motifs is 3. The first-order chi connectivity index (χ1) is 9.90. The monoisotopic (exact) mass is 329 g/mol. The molecule has 20 heavy (non-hydrogen) atoms. The van der Waals surface area contributed by atoms with Gasteiger partial charge in [-0.05, 0) is 30.9 Å². The molecular formula is C18H20BrN. The Balaban J connectivity index is 1.84. The van der Waals surface area contributed by atoms with Gasteiger partial charge in [0.15, 0.2) is 0 Å². The zero-order valence-electron chi connectivity index (χ0n) is 11.7. The Morgan fingerprint density at radius 2 is 1.60 bits per heavy atom. The molecule has 0 aliphatic rings. The van der Waals surface area contributed by atoms with E-state index in [9.17, 15) is 0 Å². The lowest BCUT2D eigenvalue weighted by Gasteiger charge is -2.03. The molecule has 2 aromatic carbocycles. The number of benzene rings is 2. The number of rotatable bonds is 6. The second kappa shape index (κ2) is 6.45. The Bertz CT molecular complexity index is 699. The van der Waals surface area contributed by atoms with Crippen molar-refractivity contribution in [2.24, 2.45) is 0 Å².